The Kier molecular flexibility index (Phi) is 3.74. The van der Waals surface area contributed by atoms with Crippen LogP contribution >= 0.6 is 27.5 Å². The van der Waals surface area contributed by atoms with Crippen LogP contribution in [0.4, 0.5) is 4.39 Å². The zero-order valence-corrected chi connectivity index (χ0v) is 13.2. The van der Waals surface area contributed by atoms with Gasteiger partial charge in [-0.1, -0.05) is 34.1 Å². The lowest BCUT2D eigenvalue weighted by Gasteiger charge is -2.12. The first-order valence-electron chi connectivity index (χ1n) is 6.43. The summed E-state index contributed by atoms with van der Waals surface area (Å²) >= 11 is 9.68. The topological polar surface area (TPSA) is 9.23 Å². The fourth-order valence-electron chi connectivity index (χ4n) is 2.49. The Morgan fingerprint density at radius 2 is 2.10 bits per heavy atom. The molecule has 2 atom stereocenters. The molecule has 0 spiro atoms. The largest absolute Gasteiger partial charge is 0.490 e. The molecular weight excluding hydrogens is 343 g/mol. The standard InChI is InChI=1S/C16H13BrClFO/c1-9-6-11-7-10(2-5-15(11)20-9)16(18)13-4-3-12(17)8-14(13)19/h2-5,7-9,16H,6H2,1H3. The molecule has 0 saturated heterocycles. The summed E-state index contributed by atoms with van der Waals surface area (Å²) in [4.78, 5) is 0. The van der Waals surface area contributed by atoms with Gasteiger partial charge in [0.2, 0.25) is 0 Å². The zero-order valence-electron chi connectivity index (χ0n) is 10.9. The van der Waals surface area contributed by atoms with Crippen molar-refractivity contribution in [1.82, 2.24) is 0 Å². The van der Waals surface area contributed by atoms with E-state index >= 15 is 0 Å². The highest BCUT2D eigenvalue weighted by Crippen LogP contribution is 2.36. The number of fused-ring (bicyclic) bond motifs is 1. The van der Waals surface area contributed by atoms with Crippen molar-refractivity contribution < 1.29 is 9.13 Å². The Labute approximate surface area is 130 Å². The zero-order chi connectivity index (χ0) is 14.3. The fraction of sp³-hybridized carbons (Fsp3) is 0.250. The van der Waals surface area contributed by atoms with Crippen LogP contribution in [0, 0.1) is 5.82 Å². The molecule has 0 radical (unpaired) electrons. The van der Waals surface area contributed by atoms with Crippen LogP contribution in [0.15, 0.2) is 40.9 Å². The number of rotatable bonds is 2. The number of hydrogen-bond acceptors (Lipinski definition) is 1. The molecule has 0 fully saturated rings. The quantitative estimate of drug-likeness (QED) is 0.669. The predicted octanol–water partition coefficient (Wildman–Crippen LogP) is 5.24. The lowest BCUT2D eigenvalue weighted by molar-refractivity contribution is 0.254. The van der Waals surface area contributed by atoms with Gasteiger partial charge in [0.15, 0.2) is 0 Å². The van der Waals surface area contributed by atoms with Gasteiger partial charge in [-0.25, -0.2) is 4.39 Å². The maximum Gasteiger partial charge on any atom is 0.129 e. The van der Waals surface area contributed by atoms with Crippen molar-refractivity contribution in [1.29, 1.82) is 0 Å². The van der Waals surface area contributed by atoms with E-state index in [0.717, 1.165) is 23.3 Å². The molecule has 0 saturated carbocycles. The molecule has 1 heterocycles. The lowest BCUT2D eigenvalue weighted by atomic mass is 10.0. The molecular formula is C16H13BrClFO. The minimum atomic E-state index is -0.496. The van der Waals surface area contributed by atoms with Crippen LogP contribution in [0.5, 0.6) is 5.75 Å². The molecule has 0 aromatic heterocycles. The Bertz CT molecular complexity index is 659. The van der Waals surface area contributed by atoms with Crippen molar-refractivity contribution in [2.45, 2.75) is 24.8 Å². The minimum absolute atomic E-state index is 0.193. The van der Waals surface area contributed by atoms with E-state index in [-0.39, 0.29) is 11.9 Å². The molecule has 2 unspecified atom stereocenters. The third-order valence-corrected chi connectivity index (χ3v) is 4.43. The number of halogens is 3. The van der Waals surface area contributed by atoms with E-state index < -0.39 is 5.38 Å². The first-order valence-corrected chi connectivity index (χ1v) is 7.66. The molecule has 2 aromatic rings. The summed E-state index contributed by atoms with van der Waals surface area (Å²) in [6.07, 6.45) is 1.06. The van der Waals surface area contributed by atoms with Gasteiger partial charge in [0.1, 0.15) is 17.7 Å². The minimum Gasteiger partial charge on any atom is -0.490 e. The summed E-state index contributed by atoms with van der Waals surface area (Å²) in [7, 11) is 0. The molecule has 1 aliphatic heterocycles. The van der Waals surface area contributed by atoms with Gasteiger partial charge < -0.3 is 4.74 Å². The third-order valence-electron chi connectivity index (χ3n) is 3.45. The van der Waals surface area contributed by atoms with Crippen LogP contribution in [0.25, 0.3) is 0 Å². The normalized spacial score (nSPS) is 18.5. The van der Waals surface area contributed by atoms with E-state index in [1.54, 1.807) is 12.1 Å². The van der Waals surface area contributed by atoms with Crippen molar-refractivity contribution in [2.75, 3.05) is 0 Å². The van der Waals surface area contributed by atoms with E-state index in [1.165, 1.54) is 6.07 Å². The van der Waals surface area contributed by atoms with Crippen LogP contribution in [0.3, 0.4) is 0 Å². The van der Waals surface area contributed by atoms with Gasteiger partial charge in [0.25, 0.3) is 0 Å². The highest BCUT2D eigenvalue weighted by Gasteiger charge is 2.22. The molecule has 1 nitrogen and oxygen atoms in total. The van der Waals surface area contributed by atoms with Gasteiger partial charge >= 0.3 is 0 Å². The molecule has 20 heavy (non-hydrogen) atoms. The first kappa shape index (κ1) is 13.9. The van der Waals surface area contributed by atoms with Crippen LogP contribution in [-0.2, 0) is 6.42 Å². The summed E-state index contributed by atoms with van der Waals surface area (Å²) in [5.41, 5.74) is 2.52. The van der Waals surface area contributed by atoms with E-state index in [9.17, 15) is 4.39 Å². The van der Waals surface area contributed by atoms with Crippen LogP contribution < -0.4 is 4.74 Å². The Morgan fingerprint density at radius 3 is 2.85 bits per heavy atom. The third kappa shape index (κ3) is 2.57. The average molecular weight is 356 g/mol. The van der Waals surface area contributed by atoms with Crippen molar-refractivity contribution in [3.05, 3.63) is 63.4 Å². The maximum absolute atomic E-state index is 14.0. The molecule has 1 aliphatic rings. The molecule has 3 rings (SSSR count). The van der Waals surface area contributed by atoms with Gasteiger partial charge in [0.05, 0.1) is 5.38 Å². The van der Waals surface area contributed by atoms with E-state index in [2.05, 4.69) is 15.9 Å². The number of benzene rings is 2. The summed E-state index contributed by atoms with van der Waals surface area (Å²) in [5.74, 6) is 0.603. The van der Waals surface area contributed by atoms with Gasteiger partial charge in [-0.05, 0) is 36.2 Å². The maximum atomic E-state index is 14.0. The van der Waals surface area contributed by atoms with Crippen LogP contribution in [-0.4, -0.2) is 6.10 Å². The Balaban J connectivity index is 1.95. The first-order chi connectivity index (χ1) is 9.54. The van der Waals surface area contributed by atoms with Gasteiger partial charge in [0, 0.05) is 16.5 Å². The second kappa shape index (κ2) is 5.38. The van der Waals surface area contributed by atoms with E-state index in [0.29, 0.717) is 10.0 Å². The summed E-state index contributed by atoms with van der Waals surface area (Å²) in [6, 6.07) is 10.8. The van der Waals surface area contributed by atoms with Crippen molar-refractivity contribution in [3.8, 4) is 5.75 Å². The van der Waals surface area contributed by atoms with E-state index in [1.807, 2.05) is 25.1 Å². The summed E-state index contributed by atoms with van der Waals surface area (Å²) in [5, 5.41) is -0.496. The summed E-state index contributed by atoms with van der Waals surface area (Å²) < 4.78 is 20.4. The Hall–Kier alpha value is -1.06. The number of hydrogen-bond donors (Lipinski definition) is 0. The number of ether oxygens (including phenoxy) is 1. The highest BCUT2D eigenvalue weighted by atomic mass is 79.9. The molecule has 0 N–H and O–H groups in total. The molecule has 104 valence electrons. The lowest BCUT2D eigenvalue weighted by Crippen LogP contribution is -2.05. The second-order valence-electron chi connectivity index (χ2n) is 5.03. The van der Waals surface area contributed by atoms with Crippen molar-refractivity contribution >= 4 is 27.5 Å². The SMILES string of the molecule is CC1Cc2cc(C(Cl)c3ccc(Br)cc3F)ccc2O1. The van der Waals surface area contributed by atoms with Gasteiger partial charge in [-0.15, -0.1) is 11.6 Å². The highest BCUT2D eigenvalue weighted by molar-refractivity contribution is 9.10. The van der Waals surface area contributed by atoms with Crippen LogP contribution in [0.2, 0.25) is 0 Å². The second-order valence-corrected chi connectivity index (χ2v) is 6.38. The predicted molar refractivity (Wildman–Crippen MR) is 82.0 cm³/mol. The van der Waals surface area contributed by atoms with E-state index in [4.69, 9.17) is 16.3 Å². The van der Waals surface area contributed by atoms with Crippen molar-refractivity contribution in [3.63, 3.8) is 0 Å². The molecule has 4 heteroatoms. The monoisotopic (exact) mass is 354 g/mol. The average Bonchev–Trinajstić information content (AvgIpc) is 2.77. The molecule has 0 bridgehead atoms. The smallest absolute Gasteiger partial charge is 0.129 e. The number of alkyl halides is 1. The molecule has 0 aliphatic carbocycles. The van der Waals surface area contributed by atoms with Gasteiger partial charge in [-0.2, -0.15) is 0 Å². The van der Waals surface area contributed by atoms with Gasteiger partial charge in [-0.3, -0.25) is 0 Å². The van der Waals surface area contributed by atoms with Crippen LogP contribution in [0.1, 0.15) is 29.0 Å². The Morgan fingerprint density at radius 1 is 1.30 bits per heavy atom. The fourth-order valence-corrected chi connectivity index (χ4v) is 3.13. The molecule has 2 aromatic carbocycles. The summed E-state index contributed by atoms with van der Waals surface area (Å²) in [6.45, 7) is 2.03. The van der Waals surface area contributed by atoms with Crippen molar-refractivity contribution in [2.24, 2.45) is 0 Å². The molecule has 0 amide bonds.